The Morgan fingerprint density at radius 1 is 1.18 bits per heavy atom. The highest BCUT2D eigenvalue weighted by molar-refractivity contribution is 6.30. The third-order valence-electron chi connectivity index (χ3n) is 3.69. The Hall–Kier alpha value is -2.40. The fraction of sp³-hybridized carbons (Fsp3) is 0.188. The number of fused-ring (bicyclic) bond motifs is 1. The maximum absolute atomic E-state index is 12.1. The first-order valence-electron chi connectivity index (χ1n) is 7.12. The van der Waals surface area contributed by atoms with Crippen molar-refractivity contribution in [1.29, 1.82) is 0 Å². The van der Waals surface area contributed by atoms with Crippen molar-refractivity contribution in [3.63, 3.8) is 0 Å². The summed E-state index contributed by atoms with van der Waals surface area (Å²) < 4.78 is 1.86. The molecule has 0 radical (unpaired) electrons. The van der Waals surface area contributed by atoms with Crippen LogP contribution >= 0.6 is 11.6 Å². The summed E-state index contributed by atoms with van der Waals surface area (Å²) in [5.41, 5.74) is 2.18. The van der Waals surface area contributed by atoms with Crippen LogP contribution < -0.4 is 5.32 Å². The van der Waals surface area contributed by atoms with Gasteiger partial charge in [-0.1, -0.05) is 11.6 Å². The van der Waals surface area contributed by atoms with Crippen molar-refractivity contribution in [2.24, 2.45) is 0 Å². The molecule has 1 aromatic carbocycles. The average molecular weight is 313 g/mol. The number of aromatic nitrogens is 3. The summed E-state index contributed by atoms with van der Waals surface area (Å²) >= 11 is 5.91. The molecule has 22 heavy (non-hydrogen) atoms. The Labute approximate surface area is 131 Å². The van der Waals surface area contributed by atoms with Crippen molar-refractivity contribution in [2.75, 3.05) is 0 Å². The molecule has 0 atom stereocenters. The van der Waals surface area contributed by atoms with E-state index in [4.69, 9.17) is 11.6 Å². The predicted molar refractivity (Wildman–Crippen MR) is 83.9 cm³/mol. The Balaban J connectivity index is 1.70. The first-order valence-corrected chi connectivity index (χ1v) is 7.50. The van der Waals surface area contributed by atoms with Crippen LogP contribution in [0.3, 0.4) is 0 Å². The molecule has 0 spiro atoms. The highest BCUT2D eigenvalue weighted by atomic mass is 35.5. The molecule has 4 rings (SSSR count). The maximum atomic E-state index is 12.1. The van der Waals surface area contributed by atoms with Crippen molar-refractivity contribution in [2.45, 2.75) is 18.9 Å². The molecule has 1 N–H and O–H groups in total. The molecule has 1 aliphatic carbocycles. The van der Waals surface area contributed by atoms with Gasteiger partial charge in [-0.15, -0.1) is 10.2 Å². The minimum absolute atomic E-state index is 0.0546. The summed E-state index contributed by atoms with van der Waals surface area (Å²) in [4.78, 5) is 12.1. The molecule has 1 aliphatic rings. The van der Waals surface area contributed by atoms with Crippen molar-refractivity contribution in [3.8, 4) is 11.4 Å². The van der Waals surface area contributed by atoms with E-state index in [1.165, 1.54) is 0 Å². The smallest absolute Gasteiger partial charge is 0.251 e. The van der Waals surface area contributed by atoms with E-state index in [9.17, 15) is 4.79 Å². The predicted octanol–water partition coefficient (Wildman–Crippen LogP) is 2.94. The van der Waals surface area contributed by atoms with Crippen molar-refractivity contribution < 1.29 is 4.79 Å². The van der Waals surface area contributed by atoms with Gasteiger partial charge in [-0.2, -0.15) is 0 Å². The maximum Gasteiger partial charge on any atom is 0.251 e. The first kappa shape index (κ1) is 13.3. The second kappa shape index (κ2) is 5.10. The molecule has 2 heterocycles. The van der Waals surface area contributed by atoms with Crippen molar-refractivity contribution in [3.05, 3.63) is 53.2 Å². The molecule has 1 fully saturated rings. The monoisotopic (exact) mass is 312 g/mol. The van der Waals surface area contributed by atoms with Crippen LogP contribution in [0.5, 0.6) is 0 Å². The van der Waals surface area contributed by atoms with Gasteiger partial charge in [0.25, 0.3) is 5.91 Å². The summed E-state index contributed by atoms with van der Waals surface area (Å²) in [6.07, 6.45) is 3.96. The minimum Gasteiger partial charge on any atom is -0.349 e. The second-order valence-corrected chi connectivity index (χ2v) is 5.86. The van der Waals surface area contributed by atoms with Gasteiger partial charge in [0, 0.05) is 28.4 Å². The van der Waals surface area contributed by atoms with Gasteiger partial charge in [-0.3, -0.25) is 9.20 Å². The first-order chi connectivity index (χ1) is 10.7. The number of amides is 1. The van der Waals surface area contributed by atoms with Crippen molar-refractivity contribution >= 4 is 23.2 Å². The van der Waals surface area contributed by atoms with Crippen molar-refractivity contribution in [1.82, 2.24) is 19.9 Å². The van der Waals surface area contributed by atoms with Crippen LogP contribution in [0.15, 0.2) is 42.6 Å². The normalized spacial score (nSPS) is 14.2. The van der Waals surface area contributed by atoms with Gasteiger partial charge in [0.2, 0.25) is 0 Å². The average Bonchev–Trinajstić information content (AvgIpc) is 3.24. The second-order valence-electron chi connectivity index (χ2n) is 5.42. The molecule has 1 amide bonds. The molecule has 3 aromatic rings. The number of nitrogens with one attached hydrogen (secondary N) is 1. The zero-order valence-corrected chi connectivity index (χ0v) is 12.4. The fourth-order valence-corrected chi connectivity index (χ4v) is 2.45. The molecule has 1 saturated carbocycles. The third-order valence-corrected chi connectivity index (χ3v) is 3.94. The van der Waals surface area contributed by atoms with E-state index in [1.54, 1.807) is 12.1 Å². The topological polar surface area (TPSA) is 59.3 Å². The zero-order valence-electron chi connectivity index (χ0n) is 11.7. The van der Waals surface area contributed by atoms with E-state index in [1.807, 2.05) is 34.9 Å². The molecule has 110 valence electrons. The summed E-state index contributed by atoms with van der Waals surface area (Å²) in [6.45, 7) is 0. The molecule has 2 aromatic heterocycles. The van der Waals surface area contributed by atoms with Crippen LogP contribution in [0.2, 0.25) is 5.02 Å². The Morgan fingerprint density at radius 3 is 2.68 bits per heavy atom. The standard InChI is InChI=1S/C16H13ClN4O/c17-12-3-1-10(2-4-12)15-20-19-14-9-11(7-8-21(14)15)16(22)18-13-5-6-13/h1-4,7-9,13H,5-6H2,(H,18,22). The molecule has 5 nitrogen and oxygen atoms in total. The molecule has 0 saturated heterocycles. The van der Waals surface area contributed by atoms with E-state index in [0.717, 1.165) is 24.2 Å². The number of halogens is 1. The number of hydrogen-bond acceptors (Lipinski definition) is 3. The van der Waals surface area contributed by atoms with Crippen LogP contribution in [0.1, 0.15) is 23.2 Å². The number of carbonyl (C=O) groups excluding carboxylic acids is 1. The lowest BCUT2D eigenvalue weighted by Gasteiger charge is -2.04. The van der Waals surface area contributed by atoms with Crippen LogP contribution in [0.4, 0.5) is 0 Å². The van der Waals surface area contributed by atoms with Crippen LogP contribution in [0.25, 0.3) is 17.0 Å². The molecular formula is C16H13ClN4O. The van der Waals surface area contributed by atoms with E-state index in [-0.39, 0.29) is 5.91 Å². The lowest BCUT2D eigenvalue weighted by molar-refractivity contribution is 0.0951. The molecule has 0 aliphatic heterocycles. The van der Waals surface area contributed by atoms with E-state index >= 15 is 0 Å². The summed E-state index contributed by atoms with van der Waals surface area (Å²) in [5, 5.41) is 12.0. The largest absolute Gasteiger partial charge is 0.349 e. The number of nitrogens with zero attached hydrogens (tertiary/aromatic N) is 3. The Bertz CT molecular complexity index is 852. The quantitative estimate of drug-likeness (QED) is 0.809. The van der Waals surface area contributed by atoms with Gasteiger partial charge < -0.3 is 5.32 Å². The highest BCUT2D eigenvalue weighted by Crippen LogP contribution is 2.22. The molecule has 6 heteroatoms. The molecule has 0 unspecified atom stereocenters. The SMILES string of the molecule is O=C(NC1CC1)c1ccn2c(-c3ccc(Cl)cc3)nnc2c1. The number of carbonyl (C=O) groups is 1. The molecular weight excluding hydrogens is 300 g/mol. The zero-order chi connectivity index (χ0) is 15.1. The Kier molecular flexibility index (Phi) is 3.08. The number of benzene rings is 1. The highest BCUT2D eigenvalue weighted by Gasteiger charge is 2.24. The van der Waals surface area contributed by atoms with Crippen LogP contribution in [0, 0.1) is 0 Å². The van der Waals surface area contributed by atoms with Gasteiger partial charge in [0.15, 0.2) is 11.5 Å². The van der Waals surface area contributed by atoms with Gasteiger partial charge in [0.05, 0.1) is 0 Å². The van der Waals surface area contributed by atoms with Gasteiger partial charge in [-0.25, -0.2) is 0 Å². The van der Waals surface area contributed by atoms with Gasteiger partial charge in [0.1, 0.15) is 0 Å². The lowest BCUT2D eigenvalue weighted by Crippen LogP contribution is -2.25. The summed E-state index contributed by atoms with van der Waals surface area (Å²) in [6, 6.07) is 11.3. The van der Waals surface area contributed by atoms with Gasteiger partial charge in [-0.05, 0) is 49.2 Å². The number of pyridine rings is 1. The number of hydrogen-bond donors (Lipinski definition) is 1. The van der Waals surface area contributed by atoms with Crippen LogP contribution in [-0.4, -0.2) is 26.5 Å². The minimum atomic E-state index is -0.0546. The summed E-state index contributed by atoms with van der Waals surface area (Å²) in [5.74, 6) is 0.668. The Morgan fingerprint density at radius 2 is 1.95 bits per heavy atom. The van der Waals surface area contributed by atoms with E-state index < -0.39 is 0 Å². The van der Waals surface area contributed by atoms with Crippen LogP contribution in [-0.2, 0) is 0 Å². The number of rotatable bonds is 3. The van der Waals surface area contributed by atoms with Gasteiger partial charge >= 0.3 is 0 Å². The fourth-order valence-electron chi connectivity index (χ4n) is 2.32. The molecule has 0 bridgehead atoms. The van der Waals surface area contributed by atoms with E-state index in [2.05, 4.69) is 15.5 Å². The lowest BCUT2D eigenvalue weighted by atomic mass is 10.2. The summed E-state index contributed by atoms with van der Waals surface area (Å²) in [7, 11) is 0. The van der Waals surface area contributed by atoms with E-state index in [0.29, 0.717) is 22.3 Å². The third kappa shape index (κ3) is 2.44.